The number of nitrogens with one attached hydrogen (secondary N) is 1. The molecule has 2 aromatic rings. The van der Waals surface area contributed by atoms with Crippen molar-refractivity contribution in [2.45, 2.75) is 17.6 Å². The molecular formula is C15H13BrFNOS. The fourth-order valence-electron chi connectivity index (χ4n) is 1.66. The molecule has 0 spiro atoms. The van der Waals surface area contributed by atoms with Crippen LogP contribution in [0.1, 0.15) is 12.5 Å². The molecule has 104 valence electrons. The van der Waals surface area contributed by atoms with E-state index in [9.17, 15) is 9.18 Å². The lowest BCUT2D eigenvalue weighted by atomic mass is 10.2. The van der Waals surface area contributed by atoms with Crippen molar-refractivity contribution < 1.29 is 9.18 Å². The van der Waals surface area contributed by atoms with Gasteiger partial charge in [-0.15, -0.1) is 11.8 Å². The Morgan fingerprint density at radius 3 is 2.60 bits per heavy atom. The average molecular weight is 354 g/mol. The van der Waals surface area contributed by atoms with E-state index in [1.165, 1.54) is 13.0 Å². The molecule has 0 aliphatic rings. The highest BCUT2D eigenvalue weighted by Gasteiger charge is 2.05. The predicted octanol–water partition coefficient (Wildman–Crippen LogP) is 4.84. The first-order chi connectivity index (χ1) is 9.56. The molecule has 5 heteroatoms. The molecule has 1 amide bonds. The summed E-state index contributed by atoms with van der Waals surface area (Å²) in [6.45, 7) is 1.48. The van der Waals surface area contributed by atoms with Gasteiger partial charge in [0.2, 0.25) is 5.91 Å². The first kappa shape index (κ1) is 15.1. The Kier molecular flexibility index (Phi) is 5.20. The second-order valence-corrected chi connectivity index (χ2v) is 6.05. The average Bonchev–Trinajstić information content (AvgIpc) is 2.41. The summed E-state index contributed by atoms with van der Waals surface area (Å²) in [6, 6.07) is 12.6. The largest absolute Gasteiger partial charge is 0.326 e. The number of benzene rings is 2. The van der Waals surface area contributed by atoms with Crippen LogP contribution < -0.4 is 5.32 Å². The lowest BCUT2D eigenvalue weighted by molar-refractivity contribution is -0.114. The molecule has 1 N–H and O–H groups in total. The molecule has 0 bridgehead atoms. The van der Waals surface area contributed by atoms with E-state index in [1.807, 2.05) is 30.3 Å². The molecule has 0 unspecified atom stereocenters. The topological polar surface area (TPSA) is 29.1 Å². The molecule has 0 aromatic heterocycles. The Morgan fingerprint density at radius 1 is 1.25 bits per heavy atom. The van der Waals surface area contributed by atoms with Crippen LogP contribution in [0.4, 0.5) is 10.1 Å². The van der Waals surface area contributed by atoms with Crippen LogP contribution in [0.3, 0.4) is 0 Å². The third-order valence-electron chi connectivity index (χ3n) is 2.60. The summed E-state index contributed by atoms with van der Waals surface area (Å²) in [6.07, 6.45) is 0. The van der Waals surface area contributed by atoms with E-state index >= 15 is 0 Å². The van der Waals surface area contributed by atoms with Gasteiger partial charge in [0, 0.05) is 23.3 Å². The number of rotatable bonds is 4. The van der Waals surface area contributed by atoms with E-state index in [2.05, 4.69) is 21.2 Å². The Balaban J connectivity index is 2.00. The van der Waals surface area contributed by atoms with Crippen LogP contribution in [0.5, 0.6) is 0 Å². The molecular weight excluding hydrogens is 341 g/mol. The highest BCUT2D eigenvalue weighted by Crippen LogP contribution is 2.29. The zero-order valence-corrected chi connectivity index (χ0v) is 13.2. The number of amides is 1. The van der Waals surface area contributed by atoms with Gasteiger partial charge < -0.3 is 5.32 Å². The van der Waals surface area contributed by atoms with Gasteiger partial charge in [-0.05, 0) is 51.8 Å². The predicted molar refractivity (Wildman–Crippen MR) is 84.4 cm³/mol. The fraction of sp³-hybridized carbons (Fsp3) is 0.133. The molecule has 0 saturated heterocycles. The molecule has 2 aromatic carbocycles. The number of carbonyl (C=O) groups excluding carboxylic acids is 1. The van der Waals surface area contributed by atoms with Crippen molar-refractivity contribution in [2.24, 2.45) is 0 Å². The number of thioether (sulfide) groups is 1. The van der Waals surface area contributed by atoms with Gasteiger partial charge >= 0.3 is 0 Å². The minimum Gasteiger partial charge on any atom is -0.326 e. The molecule has 20 heavy (non-hydrogen) atoms. The zero-order chi connectivity index (χ0) is 14.5. The number of halogens is 2. The summed E-state index contributed by atoms with van der Waals surface area (Å²) in [4.78, 5) is 12.0. The van der Waals surface area contributed by atoms with E-state index in [0.29, 0.717) is 10.2 Å². The molecule has 0 aliphatic carbocycles. The second kappa shape index (κ2) is 6.90. The minimum absolute atomic E-state index is 0.0888. The zero-order valence-electron chi connectivity index (χ0n) is 10.8. The maximum absolute atomic E-state index is 13.4. The molecule has 0 atom stereocenters. The van der Waals surface area contributed by atoms with E-state index < -0.39 is 0 Å². The van der Waals surface area contributed by atoms with E-state index in [0.717, 1.165) is 16.1 Å². The van der Waals surface area contributed by atoms with Crippen LogP contribution in [0.2, 0.25) is 0 Å². The van der Waals surface area contributed by atoms with Crippen molar-refractivity contribution in [1.82, 2.24) is 0 Å². The summed E-state index contributed by atoms with van der Waals surface area (Å²) >= 11 is 4.87. The number of hydrogen-bond acceptors (Lipinski definition) is 2. The van der Waals surface area contributed by atoms with E-state index in [4.69, 9.17) is 0 Å². The van der Waals surface area contributed by atoms with Gasteiger partial charge in [0.25, 0.3) is 0 Å². The summed E-state index contributed by atoms with van der Waals surface area (Å²) in [5, 5.41) is 2.72. The van der Waals surface area contributed by atoms with Crippen LogP contribution in [0.25, 0.3) is 0 Å². The van der Waals surface area contributed by atoms with Gasteiger partial charge in [0.05, 0.1) is 4.47 Å². The SMILES string of the molecule is CC(=O)Nc1ccc(SCc2cccc(F)c2Br)cc1. The van der Waals surface area contributed by atoms with Crippen molar-refractivity contribution in [3.63, 3.8) is 0 Å². The number of carbonyl (C=O) groups is 1. The fourth-order valence-corrected chi connectivity index (χ4v) is 3.14. The third-order valence-corrected chi connectivity index (χ3v) is 4.55. The molecule has 0 aliphatic heterocycles. The lowest BCUT2D eigenvalue weighted by Crippen LogP contribution is -2.05. The van der Waals surface area contributed by atoms with Crippen LogP contribution in [-0.4, -0.2) is 5.91 Å². The minimum atomic E-state index is -0.246. The van der Waals surface area contributed by atoms with Crippen LogP contribution in [0, 0.1) is 5.82 Å². The van der Waals surface area contributed by atoms with Crippen molar-refractivity contribution in [3.05, 3.63) is 58.3 Å². The quantitative estimate of drug-likeness (QED) is 0.796. The van der Waals surface area contributed by atoms with E-state index in [-0.39, 0.29) is 11.7 Å². The Morgan fingerprint density at radius 2 is 1.95 bits per heavy atom. The van der Waals surface area contributed by atoms with Gasteiger partial charge in [0.15, 0.2) is 0 Å². The third kappa shape index (κ3) is 4.08. The monoisotopic (exact) mass is 353 g/mol. The van der Waals surface area contributed by atoms with Crippen molar-refractivity contribution in [3.8, 4) is 0 Å². The first-order valence-corrected chi connectivity index (χ1v) is 7.77. The standard InChI is InChI=1S/C15H13BrFNOS/c1-10(19)18-12-5-7-13(8-6-12)20-9-11-3-2-4-14(17)15(11)16/h2-8H,9H2,1H3,(H,18,19). The molecule has 2 nitrogen and oxygen atoms in total. The van der Waals surface area contributed by atoms with Gasteiger partial charge in [-0.25, -0.2) is 4.39 Å². The summed E-state index contributed by atoms with van der Waals surface area (Å²) < 4.78 is 13.9. The summed E-state index contributed by atoms with van der Waals surface area (Å²) in [5.74, 6) is 0.343. The molecule has 0 radical (unpaired) electrons. The molecule has 0 saturated carbocycles. The lowest BCUT2D eigenvalue weighted by Gasteiger charge is -2.06. The van der Waals surface area contributed by atoms with Gasteiger partial charge in [-0.3, -0.25) is 4.79 Å². The first-order valence-electron chi connectivity index (χ1n) is 5.99. The second-order valence-electron chi connectivity index (χ2n) is 4.21. The van der Waals surface area contributed by atoms with Crippen molar-refractivity contribution in [1.29, 1.82) is 0 Å². The summed E-state index contributed by atoms with van der Waals surface area (Å²) in [5.41, 5.74) is 1.69. The van der Waals surface area contributed by atoms with Crippen molar-refractivity contribution in [2.75, 3.05) is 5.32 Å². The molecule has 0 heterocycles. The smallest absolute Gasteiger partial charge is 0.221 e. The number of anilines is 1. The highest BCUT2D eigenvalue weighted by atomic mass is 79.9. The van der Waals surface area contributed by atoms with Crippen LogP contribution >= 0.6 is 27.7 Å². The Hall–Kier alpha value is -1.33. The van der Waals surface area contributed by atoms with Gasteiger partial charge in [-0.1, -0.05) is 12.1 Å². The Labute approximate surface area is 129 Å². The van der Waals surface area contributed by atoms with Gasteiger partial charge in [-0.2, -0.15) is 0 Å². The number of hydrogen-bond donors (Lipinski definition) is 1. The highest BCUT2D eigenvalue weighted by molar-refractivity contribution is 9.10. The molecule has 2 rings (SSSR count). The van der Waals surface area contributed by atoms with Gasteiger partial charge in [0.1, 0.15) is 5.82 Å². The van der Waals surface area contributed by atoms with Crippen LogP contribution in [0.15, 0.2) is 51.8 Å². The summed E-state index contributed by atoms with van der Waals surface area (Å²) in [7, 11) is 0. The van der Waals surface area contributed by atoms with Crippen LogP contribution in [-0.2, 0) is 10.5 Å². The molecule has 0 fully saturated rings. The maximum Gasteiger partial charge on any atom is 0.221 e. The Bertz CT molecular complexity index is 616. The maximum atomic E-state index is 13.4. The van der Waals surface area contributed by atoms with Crippen molar-refractivity contribution >= 4 is 39.3 Å². The normalized spacial score (nSPS) is 10.3. The van der Waals surface area contributed by atoms with E-state index in [1.54, 1.807) is 17.8 Å².